The Balaban J connectivity index is 1.37. The van der Waals surface area contributed by atoms with E-state index >= 15 is 0 Å². The zero-order chi connectivity index (χ0) is 24.2. The highest BCUT2D eigenvalue weighted by Gasteiger charge is 2.58. The van der Waals surface area contributed by atoms with E-state index in [0.717, 1.165) is 30.6 Å². The van der Waals surface area contributed by atoms with E-state index in [-0.39, 0.29) is 6.10 Å². The van der Waals surface area contributed by atoms with Gasteiger partial charge in [0, 0.05) is 0 Å². The molecule has 184 valence electrons. The van der Waals surface area contributed by atoms with Gasteiger partial charge < -0.3 is 5.11 Å². The van der Waals surface area contributed by atoms with Crippen LogP contribution in [0.4, 0.5) is 0 Å². The van der Waals surface area contributed by atoms with E-state index in [1.54, 1.807) is 11.1 Å². The van der Waals surface area contributed by atoms with E-state index < -0.39 is 0 Å². The SMILES string of the molecule is CC(=C(c1ccccc1)c1ccccc1)[C@@H]1CC[C@@H]2[C@H]3CC=C4C[C@H](O)CC[C@]4(C)[C@@H]3CC[C@]21C. The molecule has 0 heterocycles. The minimum Gasteiger partial charge on any atom is -0.393 e. The lowest BCUT2D eigenvalue weighted by molar-refractivity contribution is -0.0453. The number of hydrogen-bond donors (Lipinski definition) is 1. The number of hydrogen-bond acceptors (Lipinski definition) is 1. The summed E-state index contributed by atoms with van der Waals surface area (Å²) in [6, 6.07) is 22.2. The van der Waals surface area contributed by atoms with Gasteiger partial charge in [-0.1, -0.05) is 91.7 Å². The number of rotatable bonds is 3. The van der Waals surface area contributed by atoms with Gasteiger partial charge in [-0.05, 0) is 109 Å². The summed E-state index contributed by atoms with van der Waals surface area (Å²) in [4.78, 5) is 0. The van der Waals surface area contributed by atoms with Gasteiger partial charge in [-0.3, -0.25) is 0 Å². The van der Waals surface area contributed by atoms with E-state index in [2.05, 4.69) is 87.5 Å². The molecule has 1 N–H and O–H groups in total. The highest BCUT2D eigenvalue weighted by Crippen LogP contribution is 2.67. The fourth-order valence-electron chi connectivity index (χ4n) is 9.36. The molecule has 1 heteroatoms. The van der Waals surface area contributed by atoms with Crippen LogP contribution in [0.15, 0.2) is 77.9 Å². The molecule has 0 saturated heterocycles. The van der Waals surface area contributed by atoms with Gasteiger partial charge in [-0.25, -0.2) is 0 Å². The van der Waals surface area contributed by atoms with E-state index in [9.17, 15) is 5.11 Å². The molecule has 3 saturated carbocycles. The molecule has 0 radical (unpaired) electrons. The van der Waals surface area contributed by atoms with Crippen LogP contribution in [0, 0.1) is 34.5 Å². The minimum atomic E-state index is -0.113. The molecule has 7 atom stereocenters. The number of aliphatic hydroxyl groups is 1. The van der Waals surface area contributed by atoms with Crippen LogP contribution in [0.3, 0.4) is 0 Å². The molecule has 1 nitrogen and oxygen atoms in total. The van der Waals surface area contributed by atoms with E-state index in [1.807, 2.05) is 0 Å². The maximum Gasteiger partial charge on any atom is 0.0577 e. The Labute approximate surface area is 212 Å². The Morgan fingerprint density at radius 1 is 0.800 bits per heavy atom. The Morgan fingerprint density at radius 2 is 1.46 bits per heavy atom. The zero-order valence-corrected chi connectivity index (χ0v) is 21.8. The van der Waals surface area contributed by atoms with Crippen LogP contribution in [-0.4, -0.2) is 11.2 Å². The van der Waals surface area contributed by atoms with Crippen LogP contribution in [0.1, 0.15) is 83.3 Å². The van der Waals surface area contributed by atoms with Crippen molar-refractivity contribution in [3.63, 3.8) is 0 Å². The molecular weight excluding hydrogens is 424 g/mol. The Bertz CT molecular complexity index is 1090. The molecule has 0 bridgehead atoms. The molecular formula is C34H42O. The molecule has 0 aromatic heterocycles. The second-order valence-electron chi connectivity index (χ2n) is 12.6. The van der Waals surface area contributed by atoms with Gasteiger partial charge >= 0.3 is 0 Å². The first kappa shape index (κ1) is 23.3. The standard InChI is InChI=1S/C34H42O/c1-23(32(24-10-6-4-7-11-24)25-12-8-5-9-13-25)29-16-17-30-28-15-14-26-22-27(35)18-20-33(26,2)31(28)19-21-34(29,30)3/h4-14,27-31,35H,15-22H2,1-3H3/t27-,28-,29+,30-,31-,33+,34+/m1/s1. The van der Waals surface area contributed by atoms with Gasteiger partial charge in [0.15, 0.2) is 0 Å². The Kier molecular flexibility index (Phi) is 5.83. The van der Waals surface area contributed by atoms with Gasteiger partial charge in [0.2, 0.25) is 0 Å². The molecule has 3 fully saturated rings. The average molecular weight is 467 g/mol. The third-order valence-corrected chi connectivity index (χ3v) is 11.1. The predicted octanol–water partition coefficient (Wildman–Crippen LogP) is 8.45. The lowest BCUT2D eigenvalue weighted by Gasteiger charge is -2.58. The predicted molar refractivity (Wildman–Crippen MR) is 146 cm³/mol. The Hall–Kier alpha value is -2.12. The molecule has 0 aliphatic heterocycles. The van der Waals surface area contributed by atoms with Crippen LogP contribution in [0.2, 0.25) is 0 Å². The van der Waals surface area contributed by atoms with Crippen LogP contribution in [-0.2, 0) is 0 Å². The topological polar surface area (TPSA) is 20.2 Å². The van der Waals surface area contributed by atoms with Crippen molar-refractivity contribution in [2.45, 2.75) is 78.2 Å². The second kappa shape index (κ2) is 8.77. The van der Waals surface area contributed by atoms with Gasteiger partial charge in [0.05, 0.1) is 6.10 Å². The summed E-state index contributed by atoms with van der Waals surface area (Å²) in [5.74, 6) is 3.08. The monoisotopic (exact) mass is 466 g/mol. The van der Waals surface area contributed by atoms with Crippen LogP contribution >= 0.6 is 0 Å². The molecule has 2 aromatic carbocycles. The molecule has 6 rings (SSSR count). The molecule has 4 aliphatic carbocycles. The zero-order valence-electron chi connectivity index (χ0n) is 21.8. The van der Waals surface area contributed by atoms with Crippen molar-refractivity contribution >= 4 is 5.57 Å². The summed E-state index contributed by atoms with van der Waals surface area (Å²) in [7, 11) is 0. The molecule has 0 spiro atoms. The van der Waals surface area contributed by atoms with Crippen molar-refractivity contribution in [2.75, 3.05) is 0 Å². The van der Waals surface area contributed by atoms with Crippen molar-refractivity contribution in [1.29, 1.82) is 0 Å². The molecule has 2 aromatic rings. The third-order valence-electron chi connectivity index (χ3n) is 11.1. The molecule has 0 amide bonds. The molecule has 0 unspecified atom stereocenters. The highest BCUT2D eigenvalue weighted by atomic mass is 16.3. The number of fused-ring (bicyclic) bond motifs is 5. The fourth-order valence-corrected chi connectivity index (χ4v) is 9.36. The summed E-state index contributed by atoms with van der Waals surface area (Å²) >= 11 is 0. The number of aliphatic hydroxyl groups excluding tert-OH is 1. The van der Waals surface area contributed by atoms with Crippen molar-refractivity contribution in [3.05, 3.63) is 89.0 Å². The van der Waals surface area contributed by atoms with E-state index in [1.165, 1.54) is 55.2 Å². The highest BCUT2D eigenvalue weighted by molar-refractivity contribution is 5.82. The van der Waals surface area contributed by atoms with Crippen molar-refractivity contribution in [1.82, 2.24) is 0 Å². The maximum atomic E-state index is 10.3. The number of allylic oxidation sites excluding steroid dienone is 2. The van der Waals surface area contributed by atoms with Crippen LogP contribution in [0.5, 0.6) is 0 Å². The quantitative estimate of drug-likeness (QED) is 0.450. The molecule has 4 aliphatic rings. The molecule has 35 heavy (non-hydrogen) atoms. The lowest BCUT2D eigenvalue weighted by Crippen LogP contribution is -2.50. The van der Waals surface area contributed by atoms with E-state index in [0.29, 0.717) is 16.7 Å². The second-order valence-corrected chi connectivity index (χ2v) is 12.6. The van der Waals surface area contributed by atoms with Gasteiger partial charge in [-0.2, -0.15) is 0 Å². The van der Waals surface area contributed by atoms with Gasteiger partial charge in [-0.15, -0.1) is 0 Å². The minimum absolute atomic E-state index is 0.113. The summed E-state index contributed by atoms with van der Waals surface area (Å²) in [5, 5.41) is 10.3. The summed E-state index contributed by atoms with van der Waals surface area (Å²) in [6.07, 6.45) is 12.2. The van der Waals surface area contributed by atoms with Crippen molar-refractivity contribution in [3.8, 4) is 0 Å². The first-order valence-electron chi connectivity index (χ1n) is 14.1. The van der Waals surface area contributed by atoms with Crippen LogP contribution in [0.25, 0.3) is 5.57 Å². The Morgan fingerprint density at radius 3 is 2.11 bits per heavy atom. The van der Waals surface area contributed by atoms with Gasteiger partial charge in [0.1, 0.15) is 0 Å². The fraction of sp³-hybridized carbons (Fsp3) is 0.529. The van der Waals surface area contributed by atoms with Crippen molar-refractivity contribution in [2.24, 2.45) is 34.5 Å². The average Bonchev–Trinajstić information content (AvgIpc) is 3.23. The summed E-state index contributed by atoms with van der Waals surface area (Å²) < 4.78 is 0. The van der Waals surface area contributed by atoms with Gasteiger partial charge in [0.25, 0.3) is 0 Å². The normalized spacial score (nSPS) is 38.1. The number of benzene rings is 2. The maximum absolute atomic E-state index is 10.3. The smallest absolute Gasteiger partial charge is 0.0577 e. The van der Waals surface area contributed by atoms with Crippen LogP contribution < -0.4 is 0 Å². The summed E-state index contributed by atoms with van der Waals surface area (Å²) in [6.45, 7) is 7.64. The largest absolute Gasteiger partial charge is 0.393 e. The first-order chi connectivity index (χ1) is 16.9. The lowest BCUT2D eigenvalue weighted by atomic mass is 9.47. The van der Waals surface area contributed by atoms with Crippen molar-refractivity contribution < 1.29 is 5.11 Å². The summed E-state index contributed by atoms with van der Waals surface area (Å²) in [5.41, 5.74) is 8.07. The first-order valence-corrected chi connectivity index (χ1v) is 14.1. The third kappa shape index (κ3) is 3.69. The van der Waals surface area contributed by atoms with E-state index in [4.69, 9.17) is 0 Å².